The largest absolute Gasteiger partial charge is 0.389 e. The molecule has 1 aliphatic rings. The second-order valence-corrected chi connectivity index (χ2v) is 5.79. The second-order valence-electron chi connectivity index (χ2n) is 4.97. The van der Waals surface area contributed by atoms with Gasteiger partial charge in [0.25, 0.3) is 0 Å². The van der Waals surface area contributed by atoms with E-state index in [4.69, 9.17) is 23.2 Å². The summed E-state index contributed by atoms with van der Waals surface area (Å²) in [4.78, 5) is 5.86. The molecule has 0 bridgehead atoms. The first-order valence-corrected chi connectivity index (χ1v) is 7.44. The Morgan fingerprint density at radius 3 is 2.29 bits per heavy atom. The van der Waals surface area contributed by atoms with Crippen molar-refractivity contribution in [1.82, 2.24) is 15.2 Å². The summed E-state index contributed by atoms with van der Waals surface area (Å²) in [5, 5.41) is 3.81. The zero-order valence-corrected chi connectivity index (χ0v) is 12.8. The van der Waals surface area contributed by atoms with Crippen LogP contribution in [0.5, 0.6) is 0 Å². The third-order valence-corrected chi connectivity index (χ3v) is 4.12. The Kier molecular flexibility index (Phi) is 5.71. The van der Waals surface area contributed by atoms with Crippen molar-refractivity contribution >= 4 is 23.2 Å². The van der Waals surface area contributed by atoms with Gasteiger partial charge < -0.3 is 5.32 Å². The number of halogens is 5. The van der Waals surface area contributed by atoms with Crippen LogP contribution in [0.2, 0.25) is 10.0 Å². The maximum atomic E-state index is 12.6. The lowest BCUT2D eigenvalue weighted by molar-refractivity contribution is -0.138. The maximum Gasteiger partial charge on any atom is 0.389 e. The van der Waals surface area contributed by atoms with Crippen LogP contribution in [-0.2, 0) is 0 Å². The molecule has 0 radical (unpaired) electrons. The summed E-state index contributed by atoms with van der Waals surface area (Å²) in [5.41, 5.74) is 0.541. The molecule has 118 valence electrons. The molecule has 2 heterocycles. The van der Waals surface area contributed by atoms with Gasteiger partial charge in [-0.25, -0.2) is 0 Å². The van der Waals surface area contributed by atoms with Gasteiger partial charge in [-0.05, 0) is 6.42 Å². The van der Waals surface area contributed by atoms with Gasteiger partial charge in [0.1, 0.15) is 0 Å². The van der Waals surface area contributed by atoms with Gasteiger partial charge in [-0.3, -0.25) is 9.88 Å². The van der Waals surface area contributed by atoms with E-state index in [1.807, 2.05) is 4.90 Å². The van der Waals surface area contributed by atoms with Crippen LogP contribution in [0, 0.1) is 0 Å². The minimum absolute atomic E-state index is 0.0625. The monoisotopic (exact) mass is 341 g/mol. The number of piperazine rings is 1. The van der Waals surface area contributed by atoms with Crippen molar-refractivity contribution in [3.8, 4) is 0 Å². The normalized spacial score (nSPS) is 18.7. The predicted molar refractivity (Wildman–Crippen MR) is 76.7 cm³/mol. The van der Waals surface area contributed by atoms with Crippen molar-refractivity contribution in [2.75, 3.05) is 26.2 Å². The molecular formula is C13H16Cl2F3N3. The highest BCUT2D eigenvalue weighted by molar-refractivity contribution is 6.35. The van der Waals surface area contributed by atoms with Gasteiger partial charge in [0.2, 0.25) is 0 Å². The number of pyridine rings is 1. The van der Waals surface area contributed by atoms with Crippen LogP contribution in [-0.4, -0.2) is 42.2 Å². The van der Waals surface area contributed by atoms with Crippen molar-refractivity contribution < 1.29 is 13.2 Å². The Morgan fingerprint density at radius 2 is 1.76 bits per heavy atom. The molecule has 1 N–H and O–H groups in total. The van der Waals surface area contributed by atoms with Crippen LogP contribution in [0.3, 0.4) is 0 Å². The average molecular weight is 342 g/mol. The number of nitrogens with zero attached hydrogens (tertiary/aromatic N) is 2. The molecule has 8 heteroatoms. The molecule has 1 aromatic rings. The highest BCUT2D eigenvalue weighted by Crippen LogP contribution is 2.38. The average Bonchev–Trinajstić information content (AvgIpc) is 2.42. The first-order valence-electron chi connectivity index (χ1n) is 6.69. The standard InChI is InChI=1S/C13H16Cl2F3N3/c14-9-7-20-8-10(15)12(9)11(1-2-13(16,17)18)21-5-3-19-4-6-21/h7-8,11,19H,1-6H2/t11-/m0/s1. The molecule has 1 aromatic heterocycles. The maximum absolute atomic E-state index is 12.6. The van der Waals surface area contributed by atoms with Gasteiger partial charge in [-0.15, -0.1) is 0 Å². The molecule has 3 nitrogen and oxygen atoms in total. The third-order valence-electron chi connectivity index (χ3n) is 3.52. The number of nitrogens with one attached hydrogen (secondary N) is 1. The SMILES string of the molecule is FC(F)(F)CC[C@@H](c1c(Cl)cncc1Cl)N1CCNCC1. The molecule has 1 fully saturated rings. The van der Waals surface area contributed by atoms with Gasteiger partial charge in [-0.2, -0.15) is 13.2 Å². The van der Waals surface area contributed by atoms with E-state index in [9.17, 15) is 13.2 Å². The lowest BCUT2D eigenvalue weighted by atomic mass is 10.00. The number of alkyl halides is 3. The zero-order chi connectivity index (χ0) is 15.5. The van der Waals surface area contributed by atoms with E-state index < -0.39 is 18.6 Å². The molecule has 2 rings (SSSR count). The summed E-state index contributed by atoms with van der Waals surface area (Å²) in [7, 11) is 0. The van der Waals surface area contributed by atoms with E-state index in [-0.39, 0.29) is 6.42 Å². The summed E-state index contributed by atoms with van der Waals surface area (Å²) >= 11 is 12.2. The van der Waals surface area contributed by atoms with E-state index in [1.165, 1.54) is 12.4 Å². The number of hydrogen-bond acceptors (Lipinski definition) is 3. The molecule has 0 aliphatic carbocycles. The van der Waals surface area contributed by atoms with Crippen LogP contribution in [0.15, 0.2) is 12.4 Å². The minimum Gasteiger partial charge on any atom is -0.314 e. The molecular weight excluding hydrogens is 326 g/mol. The van der Waals surface area contributed by atoms with Crippen molar-refractivity contribution in [3.63, 3.8) is 0 Å². The Balaban J connectivity index is 2.26. The van der Waals surface area contributed by atoms with Crippen LogP contribution in [0.25, 0.3) is 0 Å². The lowest BCUT2D eigenvalue weighted by Gasteiger charge is -2.36. The van der Waals surface area contributed by atoms with E-state index in [2.05, 4.69) is 10.3 Å². The number of aromatic nitrogens is 1. The van der Waals surface area contributed by atoms with Gasteiger partial charge >= 0.3 is 6.18 Å². The predicted octanol–water partition coefficient (Wildman–Crippen LogP) is 3.68. The quantitative estimate of drug-likeness (QED) is 0.905. The summed E-state index contributed by atoms with van der Waals surface area (Å²) in [5.74, 6) is 0. The number of rotatable bonds is 4. The first-order chi connectivity index (χ1) is 9.88. The Hall–Kier alpha value is -0.560. The van der Waals surface area contributed by atoms with Crippen molar-refractivity contribution in [2.45, 2.75) is 25.1 Å². The van der Waals surface area contributed by atoms with E-state index >= 15 is 0 Å². The van der Waals surface area contributed by atoms with Gasteiger partial charge in [0.15, 0.2) is 0 Å². The minimum atomic E-state index is -4.20. The molecule has 0 saturated carbocycles. The first kappa shape index (κ1) is 16.8. The van der Waals surface area contributed by atoms with Crippen molar-refractivity contribution in [3.05, 3.63) is 28.0 Å². The molecule has 0 aromatic carbocycles. The van der Waals surface area contributed by atoms with Crippen molar-refractivity contribution in [1.29, 1.82) is 0 Å². The summed E-state index contributed by atoms with van der Waals surface area (Å²) < 4.78 is 37.8. The summed E-state index contributed by atoms with van der Waals surface area (Å²) in [6.45, 7) is 2.81. The molecule has 0 unspecified atom stereocenters. The van der Waals surface area contributed by atoms with Gasteiger partial charge in [-0.1, -0.05) is 23.2 Å². The van der Waals surface area contributed by atoms with Crippen LogP contribution >= 0.6 is 23.2 Å². The van der Waals surface area contributed by atoms with Crippen molar-refractivity contribution in [2.24, 2.45) is 0 Å². The molecule has 0 spiro atoms. The van der Waals surface area contributed by atoms with E-state index in [1.54, 1.807) is 0 Å². The Morgan fingerprint density at radius 1 is 1.19 bits per heavy atom. The van der Waals surface area contributed by atoms with E-state index in [0.29, 0.717) is 28.7 Å². The Labute approximate surface area is 131 Å². The summed E-state index contributed by atoms with van der Waals surface area (Å²) in [6.07, 6.45) is -2.28. The van der Waals surface area contributed by atoms with Crippen LogP contribution in [0.4, 0.5) is 13.2 Å². The topological polar surface area (TPSA) is 28.2 Å². The second kappa shape index (κ2) is 7.13. The highest BCUT2D eigenvalue weighted by Gasteiger charge is 2.33. The van der Waals surface area contributed by atoms with Crippen LogP contribution in [0.1, 0.15) is 24.4 Å². The molecule has 21 heavy (non-hydrogen) atoms. The number of hydrogen-bond donors (Lipinski definition) is 1. The van der Waals surface area contributed by atoms with E-state index in [0.717, 1.165) is 13.1 Å². The fourth-order valence-electron chi connectivity index (χ4n) is 2.54. The lowest BCUT2D eigenvalue weighted by Crippen LogP contribution is -2.45. The Bertz CT molecular complexity index is 456. The summed E-state index contributed by atoms with van der Waals surface area (Å²) in [6, 6.07) is -0.447. The molecule has 1 atom stereocenters. The fraction of sp³-hybridized carbons (Fsp3) is 0.615. The molecule has 1 aliphatic heterocycles. The zero-order valence-electron chi connectivity index (χ0n) is 11.3. The molecule has 1 saturated heterocycles. The van der Waals surface area contributed by atoms with Gasteiger partial charge in [0.05, 0.1) is 10.0 Å². The van der Waals surface area contributed by atoms with Crippen LogP contribution < -0.4 is 5.32 Å². The highest BCUT2D eigenvalue weighted by atomic mass is 35.5. The fourth-order valence-corrected chi connectivity index (χ4v) is 3.16. The molecule has 0 amide bonds. The van der Waals surface area contributed by atoms with Gasteiger partial charge in [0, 0.05) is 56.6 Å². The third kappa shape index (κ3) is 4.71. The smallest absolute Gasteiger partial charge is 0.314 e.